The number of nitrogens with one attached hydrogen (secondary N) is 1. The van der Waals surface area contributed by atoms with Crippen LogP contribution in [0, 0.1) is 77.1 Å². The summed E-state index contributed by atoms with van der Waals surface area (Å²) >= 11 is 11.1. The Morgan fingerprint density at radius 1 is 0.613 bits per heavy atom. The molecule has 1 aliphatic rings. The van der Waals surface area contributed by atoms with Crippen LogP contribution in [0.15, 0.2) is 109 Å². The van der Waals surface area contributed by atoms with E-state index in [1.165, 1.54) is 114 Å². The second-order valence-corrected chi connectivity index (χ2v) is 31.5. The summed E-state index contributed by atoms with van der Waals surface area (Å²) in [5, 5.41) is 39.3. The van der Waals surface area contributed by atoms with Crippen molar-refractivity contribution in [1.29, 1.82) is 5.26 Å². The zero-order valence-electron chi connectivity index (χ0n) is 74.1. The van der Waals surface area contributed by atoms with Crippen LogP contribution in [0.3, 0.4) is 0 Å². The van der Waals surface area contributed by atoms with Crippen molar-refractivity contribution in [1.82, 2.24) is 40.1 Å². The molecule has 0 spiro atoms. The van der Waals surface area contributed by atoms with Crippen molar-refractivity contribution in [2.75, 3.05) is 47.0 Å². The fraction of sp³-hybridized carbons (Fsp3) is 0.458. The lowest BCUT2D eigenvalue weighted by atomic mass is 9.81. The van der Waals surface area contributed by atoms with Crippen LogP contribution in [0.2, 0.25) is 10.3 Å². The molecule has 9 rings (SSSR count). The Morgan fingerprint density at radius 3 is 1.55 bits per heavy atom. The number of fused-ring (bicyclic) bond motifs is 5. The number of ketones is 3. The zero-order chi connectivity index (χ0) is 91.4. The Balaban J connectivity index is 0.000000393. The SMILES string of the molecule is C#CCCCCCC.CCCCCCCc1ccc(-c2nc(C)c(C(=O)C[C@@H](CCN)C(=O)N(C)[C@@H]3C(=O)C[C@@H](C)C(=O)N[C@H](C(=O)CCC#N)Cc4ccc(OCCN)c(c4)-c4cc3ccc4OCCN)c(C)n2)cc1.CCCCCCCc1ccc(-c2nc(C)c(C(=O)O)c(C)n2)cc1.COC(=O)c1c(C)nc(Cl)nc1C.OB(O)c1ccc(Cl)cc1. The molecule has 4 bridgehead atoms. The first kappa shape index (κ1) is 104. The Hall–Kier alpha value is -10.7. The molecule has 0 saturated heterocycles. The molecule has 5 aromatic carbocycles. The number of aromatic nitrogens is 6. The highest BCUT2D eigenvalue weighted by atomic mass is 35.5. The Morgan fingerprint density at radius 2 is 1.09 bits per heavy atom. The van der Waals surface area contributed by atoms with Gasteiger partial charge in [-0.15, -0.1) is 12.3 Å². The highest BCUT2D eigenvalue weighted by Gasteiger charge is 2.37. The second-order valence-electron chi connectivity index (χ2n) is 30.8. The van der Waals surface area contributed by atoms with Crippen molar-refractivity contribution >= 4 is 76.9 Å². The summed E-state index contributed by atoms with van der Waals surface area (Å²) in [6, 6.07) is 33.1. The zero-order valence-corrected chi connectivity index (χ0v) is 75.7. The summed E-state index contributed by atoms with van der Waals surface area (Å²) in [6.07, 6.45) is 25.4. The van der Waals surface area contributed by atoms with Crippen LogP contribution >= 0.6 is 23.2 Å². The molecule has 1 aliphatic heterocycles. The summed E-state index contributed by atoms with van der Waals surface area (Å²) in [4.78, 5) is 121. The molecule has 25 nitrogen and oxygen atoms in total. The number of carbonyl (C=O) groups excluding carboxylic acids is 6. The van der Waals surface area contributed by atoms with Gasteiger partial charge in [-0.2, -0.15) is 5.26 Å². The molecule has 8 aromatic rings. The van der Waals surface area contributed by atoms with Crippen LogP contribution in [-0.4, -0.2) is 151 Å². The molecule has 3 aromatic heterocycles. The van der Waals surface area contributed by atoms with Crippen LogP contribution in [-0.2, 0) is 43.2 Å². The molecule has 124 heavy (non-hydrogen) atoms. The predicted molar refractivity (Wildman–Crippen MR) is 489 cm³/mol. The van der Waals surface area contributed by atoms with Gasteiger partial charge in [-0.25, -0.2) is 39.5 Å². The van der Waals surface area contributed by atoms with Crippen LogP contribution < -0.4 is 37.5 Å². The number of nitrogens with two attached hydrogens (primary N) is 3. The van der Waals surface area contributed by atoms with E-state index >= 15 is 0 Å². The van der Waals surface area contributed by atoms with E-state index < -0.39 is 60.6 Å². The lowest BCUT2D eigenvalue weighted by molar-refractivity contribution is -0.142. The number of hydrogen-bond acceptors (Lipinski definition) is 22. The second kappa shape index (κ2) is 55.5. The molecule has 0 aliphatic carbocycles. The van der Waals surface area contributed by atoms with Gasteiger partial charge in [0.25, 0.3) is 0 Å². The number of unbranched alkanes of at least 4 members (excludes halogenated alkanes) is 12. The number of aryl methyl sites for hydroxylation is 8. The summed E-state index contributed by atoms with van der Waals surface area (Å²) in [6.45, 7) is 19.4. The fourth-order valence-electron chi connectivity index (χ4n) is 14.2. The summed E-state index contributed by atoms with van der Waals surface area (Å²) in [5.74, 6) is -0.829. The number of rotatable bonds is 37. The van der Waals surface area contributed by atoms with E-state index in [2.05, 4.69) is 80.9 Å². The molecule has 4 heterocycles. The first-order valence-electron chi connectivity index (χ1n) is 42.9. The number of hydrogen-bond donors (Lipinski definition) is 7. The number of amides is 2. The van der Waals surface area contributed by atoms with Gasteiger partial charge in [0.2, 0.25) is 17.1 Å². The number of terminal acetylenes is 1. The standard InChI is InChI=1S/C54H70N8O7.C20H26N2O2.C8H9ClN2O2.C8H14.C6H6BClO2/c1-6-7-8-9-10-12-37-14-17-39(18-15-37)52-59-35(3)50(36(4)60-52)46(64)33-41(22-24-56)54(67)62(5)51-40-19-21-49(69-28-26-58)43(32-40)42-30-38(16-20-48(42)68-27-25-57)31-44(45(63)13-11-23-55)61-53(66)34(2)29-47(51)65;1-4-5-6-7-8-9-16-10-12-17(13-11-16)19-21-14(2)18(20(23)24)15(3)22-19;1-4-6(7(12)13-3)5(2)11-8(9)10-4;1-3-5-7-8-6-4-2;8-6-3-1-5(2-4-6)7(9)10/h14-21,30,32,34,41,44,51H,6-13,22,24-29,31,33,56-58H2,1-5H3,(H,61,66);10-13H,4-9H2,1-3H3,(H,23,24);1-3H3;1H,4-8H2,2H3;1-4,9-10H/t34-,41-,44+,51+;;;;/m1..../s1. The van der Waals surface area contributed by atoms with Crippen LogP contribution in [0.25, 0.3) is 33.9 Å². The van der Waals surface area contributed by atoms with Crippen molar-refractivity contribution in [3.63, 3.8) is 0 Å². The van der Waals surface area contributed by atoms with E-state index in [0.29, 0.717) is 101 Å². The monoisotopic (exact) mass is 1730 g/mol. The quantitative estimate of drug-likeness (QED) is 0.00475. The van der Waals surface area contributed by atoms with Crippen molar-refractivity contribution < 1.29 is 62.9 Å². The van der Waals surface area contributed by atoms with E-state index in [1.807, 2.05) is 36.4 Å². The molecule has 28 heteroatoms. The van der Waals surface area contributed by atoms with E-state index in [1.54, 1.807) is 103 Å². The highest BCUT2D eigenvalue weighted by Crippen LogP contribution is 2.41. The van der Waals surface area contributed by atoms with E-state index in [0.717, 1.165) is 36.8 Å². The number of carbonyl (C=O) groups is 7. The van der Waals surface area contributed by atoms with Gasteiger partial charge in [0.15, 0.2) is 29.0 Å². The smallest absolute Gasteiger partial charge is 0.488 e. The number of methoxy groups -OCH3 is 1. The predicted octanol–water partition coefficient (Wildman–Crippen LogP) is 16.0. The highest BCUT2D eigenvalue weighted by molar-refractivity contribution is 6.58. The number of benzene rings is 5. The number of carboxylic acid groups (broad SMARTS) is 1. The van der Waals surface area contributed by atoms with Gasteiger partial charge in [-0.05, 0) is 169 Å². The Kier molecular flexibility index (Phi) is 46.5. The number of nitriles is 1. The number of nitrogens with zero attached hydrogens (tertiary/aromatic N) is 8. The van der Waals surface area contributed by atoms with Crippen molar-refractivity contribution in [2.45, 2.75) is 229 Å². The maximum absolute atomic E-state index is 14.9. The summed E-state index contributed by atoms with van der Waals surface area (Å²) in [7, 11) is 1.42. The Labute approximate surface area is 742 Å². The molecule has 0 fully saturated rings. The van der Waals surface area contributed by atoms with Gasteiger partial charge >= 0.3 is 19.1 Å². The molecule has 0 unspecified atom stereocenters. The largest absolute Gasteiger partial charge is 0.492 e. The number of ether oxygens (including phenoxy) is 3. The molecule has 10 N–H and O–H groups in total. The van der Waals surface area contributed by atoms with Crippen molar-refractivity contribution in [2.24, 2.45) is 29.0 Å². The third kappa shape index (κ3) is 33.4. The molecule has 4 atom stereocenters. The number of likely N-dealkylation sites (N-methyl/N-ethyl adjacent to an activating group) is 1. The number of carboxylic acids is 1. The maximum atomic E-state index is 14.9. The maximum Gasteiger partial charge on any atom is 0.488 e. The van der Waals surface area contributed by atoms with Gasteiger partial charge < -0.3 is 56.8 Å². The minimum absolute atomic E-state index is 0.0304. The molecular formula is C96H125BCl2N12O13. The molecular weight excluding hydrogens is 1610 g/mol. The van der Waals surface area contributed by atoms with E-state index in [9.17, 15) is 43.9 Å². The number of esters is 1. The summed E-state index contributed by atoms with van der Waals surface area (Å²) in [5.41, 5.74) is 28.7. The molecule has 2 amide bonds. The van der Waals surface area contributed by atoms with Gasteiger partial charge in [0.05, 0.1) is 58.9 Å². The first-order chi connectivity index (χ1) is 59.4. The average Bonchev–Trinajstić information content (AvgIpc) is 0.774. The Bertz CT molecular complexity index is 4800. The third-order valence-electron chi connectivity index (χ3n) is 20.9. The number of aromatic carboxylic acids is 1. The van der Waals surface area contributed by atoms with Gasteiger partial charge in [0.1, 0.15) is 41.9 Å². The van der Waals surface area contributed by atoms with Gasteiger partial charge in [-0.3, -0.25) is 24.0 Å². The third-order valence-corrected chi connectivity index (χ3v) is 21.3. The lowest BCUT2D eigenvalue weighted by Gasteiger charge is -2.32. The minimum atomic E-state index is -1.41. The fourth-order valence-corrected chi connectivity index (χ4v) is 14.6. The topological polar surface area (TPSA) is 402 Å². The van der Waals surface area contributed by atoms with E-state index in [-0.39, 0.29) is 93.8 Å². The summed E-state index contributed by atoms with van der Waals surface area (Å²) < 4.78 is 16.9. The number of halogens is 2. The van der Waals surface area contributed by atoms with Crippen LogP contribution in [0.5, 0.6) is 11.5 Å². The number of Topliss-reactive ketones (excluding diaryl/α,β-unsaturated/α-hetero) is 3. The van der Waals surface area contributed by atoms with Crippen LogP contribution in [0.1, 0.15) is 250 Å². The minimum Gasteiger partial charge on any atom is -0.492 e. The molecule has 0 radical (unpaired) electrons. The molecule has 664 valence electrons. The lowest BCUT2D eigenvalue weighted by Crippen LogP contribution is -2.46. The van der Waals surface area contributed by atoms with Gasteiger partial charge in [-0.1, -0.05) is 183 Å². The van der Waals surface area contributed by atoms with Crippen LogP contribution in [0.4, 0.5) is 0 Å². The van der Waals surface area contributed by atoms with Crippen molar-refractivity contribution in [3.05, 3.63) is 193 Å². The molecule has 0 saturated carbocycles. The van der Waals surface area contributed by atoms with Crippen molar-refractivity contribution in [3.8, 4) is 63.8 Å². The average molecular weight is 1740 g/mol. The van der Waals surface area contributed by atoms with Gasteiger partial charge in [0, 0.05) is 91.4 Å². The van der Waals surface area contributed by atoms with E-state index in [4.69, 9.17) is 76.3 Å². The normalized spacial score (nSPS) is 13.6. The first-order valence-corrected chi connectivity index (χ1v) is 43.6.